The highest BCUT2D eigenvalue weighted by Crippen LogP contribution is 2.40. The molecule has 0 aliphatic heterocycles. The second-order valence-electron chi connectivity index (χ2n) is 5.91. The Morgan fingerprint density at radius 3 is 1.33 bits per heavy atom. The number of benzene rings is 4. The summed E-state index contributed by atoms with van der Waals surface area (Å²) < 4.78 is 0. The van der Waals surface area contributed by atoms with Gasteiger partial charge in [-0.2, -0.15) is 0 Å². The summed E-state index contributed by atoms with van der Waals surface area (Å²) in [6.07, 6.45) is 0. The monoisotopic (exact) mass is 438 g/mol. The fourth-order valence-electron chi connectivity index (χ4n) is 3.45. The van der Waals surface area contributed by atoms with Crippen molar-refractivity contribution in [2.45, 2.75) is 10.7 Å². The van der Waals surface area contributed by atoms with E-state index >= 15 is 0 Å². The van der Waals surface area contributed by atoms with Crippen LogP contribution in [-0.2, 0) is 10.7 Å². The average Bonchev–Trinajstić information content (AvgIpc) is 2.66. The molecule has 0 bridgehead atoms. The molecule has 0 N–H and O–H groups in total. The third-order valence-electron chi connectivity index (χ3n) is 4.57. The van der Waals surface area contributed by atoms with E-state index in [-0.39, 0.29) is 0 Å². The number of rotatable bonds is 3. The lowest BCUT2D eigenvalue weighted by molar-refractivity contribution is 1.41. The van der Waals surface area contributed by atoms with Crippen LogP contribution >= 0.6 is 31.9 Å². The largest absolute Gasteiger partial charge is 0.0876 e. The van der Waals surface area contributed by atoms with E-state index in [4.69, 9.17) is 0 Å². The quantitative estimate of drug-likeness (QED) is 0.291. The fourth-order valence-corrected chi connectivity index (χ4v) is 4.38. The van der Waals surface area contributed by atoms with Gasteiger partial charge in [-0.1, -0.05) is 105 Å². The molecule has 4 aromatic rings. The molecular formula is C22H16Br2. The van der Waals surface area contributed by atoms with E-state index in [1.165, 1.54) is 43.8 Å². The summed E-state index contributed by atoms with van der Waals surface area (Å²) >= 11 is 7.38. The zero-order chi connectivity index (χ0) is 16.5. The SMILES string of the molecule is BrCc1ccc2ccccc2c1-c1c(CBr)ccc2ccccc12. The van der Waals surface area contributed by atoms with Gasteiger partial charge < -0.3 is 0 Å². The first-order chi connectivity index (χ1) is 11.8. The van der Waals surface area contributed by atoms with Crippen LogP contribution in [0.2, 0.25) is 0 Å². The van der Waals surface area contributed by atoms with Gasteiger partial charge in [0.15, 0.2) is 0 Å². The molecule has 0 amide bonds. The van der Waals surface area contributed by atoms with Crippen LogP contribution in [0.25, 0.3) is 32.7 Å². The average molecular weight is 440 g/mol. The predicted molar refractivity (Wildman–Crippen MR) is 112 cm³/mol. The molecule has 0 saturated carbocycles. The maximum Gasteiger partial charge on any atom is 0.0289 e. The van der Waals surface area contributed by atoms with Crippen molar-refractivity contribution in [3.8, 4) is 11.1 Å². The first kappa shape index (κ1) is 15.9. The van der Waals surface area contributed by atoms with Gasteiger partial charge >= 0.3 is 0 Å². The van der Waals surface area contributed by atoms with E-state index in [0.29, 0.717) is 0 Å². The minimum absolute atomic E-state index is 0.845. The lowest BCUT2D eigenvalue weighted by atomic mass is 9.88. The zero-order valence-electron chi connectivity index (χ0n) is 13.1. The molecule has 0 heterocycles. The second-order valence-corrected chi connectivity index (χ2v) is 7.03. The number of halogens is 2. The first-order valence-corrected chi connectivity index (χ1v) is 10.2. The Kier molecular flexibility index (Phi) is 4.43. The maximum atomic E-state index is 3.69. The first-order valence-electron chi connectivity index (χ1n) is 7.97. The molecule has 0 aliphatic carbocycles. The lowest BCUT2D eigenvalue weighted by Crippen LogP contribution is -1.94. The highest BCUT2D eigenvalue weighted by Gasteiger charge is 2.15. The smallest absolute Gasteiger partial charge is 0.0289 e. The normalized spacial score (nSPS) is 11.2. The lowest BCUT2D eigenvalue weighted by Gasteiger charge is -2.17. The van der Waals surface area contributed by atoms with Crippen LogP contribution in [0.4, 0.5) is 0 Å². The van der Waals surface area contributed by atoms with Gasteiger partial charge in [0.25, 0.3) is 0 Å². The van der Waals surface area contributed by atoms with E-state index in [1.807, 2.05) is 0 Å². The second kappa shape index (κ2) is 6.70. The van der Waals surface area contributed by atoms with Crippen molar-refractivity contribution in [3.05, 3.63) is 83.9 Å². The van der Waals surface area contributed by atoms with Gasteiger partial charge in [0.05, 0.1) is 0 Å². The summed E-state index contributed by atoms with van der Waals surface area (Å²) in [5.74, 6) is 0. The summed E-state index contributed by atoms with van der Waals surface area (Å²) in [4.78, 5) is 0. The molecule has 0 aliphatic rings. The minimum atomic E-state index is 0.845. The third kappa shape index (κ3) is 2.58. The molecule has 0 aromatic heterocycles. The van der Waals surface area contributed by atoms with Crippen molar-refractivity contribution >= 4 is 53.4 Å². The van der Waals surface area contributed by atoms with E-state index in [2.05, 4.69) is 105 Å². The number of fused-ring (bicyclic) bond motifs is 2. The Morgan fingerprint density at radius 2 is 0.917 bits per heavy atom. The Labute approximate surface area is 158 Å². The minimum Gasteiger partial charge on any atom is -0.0876 e. The van der Waals surface area contributed by atoms with Crippen molar-refractivity contribution in [3.63, 3.8) is 0 Å². The fraction of sp³-hybridized carbons (Fsp3) is 0.0909. The molecule has 0 atom stereocenters. The van der Waals surface area contributed by atoms with Crippen molar-refractivity contribution in [1.82, 2.24) is 0 Å². The topological polar surface area (TPSA) is 0 Å². The molecule has 118 valence electrons. The van der Waals surface area contributed by atoms with Crippen LogP contribution < -0.4 is 0 Å². The third-order valence-corrected chi connectivity index (χ3v) is 5.78. The van der Waals surface area contributed by atoms with E-state index in [9.17, 15) is 0 Å². The zero-order valence-corrected chi connectivity index (χ0v) is 16.3. The van der Waals surface area contributed by atoms with Crippen LogP contribution in [0.5, 0.6) is 0 Å². The molecule has 0 fully saturated rings. The Bertz CT molecular complexity index is 949. The number of alkyl halides is 2. The highest BCUT2D eigenvalue weighted by atomic mass is 79.9. The predicted octanol–water partition coefficient (Wildman–Crippen LogP) is 7.45. The van der Waals surface area contributed by atoms with Crippen molar-refractivity contribution < 1.29 is 0 Å². The molecule has 0 nitrogen and oxygen atoms in total. The van der Waals surface area contributed by atoms with Crippen LogP contribution in [0, 0.1) is 0 Å². The van der Waals surface area contributed by atoms with Gasteiger partial charge in [-0.3, -0.25) is 0 Å². The molecule has 0 radical (unpaired) electrons. The molecule has 2 heteroatoms. The molecule has 4 rings (SSSR count). The Morgan fingerprint density at radius 1 is 0.500 bits per heavy atom. The van der Waals surface area contributed by atoms with E-state index in [1.54, 1.807) is 0 Å². The molecule has 4 aromatic carbocycles. The molecule has 24 heavy (non-hydrogen) atoms. The van der Waals surface area contributed by atoms with E-state index in [0.717, 1.165) is 10.7 Å². The van der Waals surface area contributed by atoms with Crippen molar-refractivity contribution in [2.75, 3.05) is 0 Å². The van der Waals surface area contributed by atoms with Crippen molar-refractivity contribution in [1.29, 1.82) is 0 Å². The van der Waals surface area contributed by atoms with Gasteiger partial charge in [-0.15, -0.1) is 0 Å². The van der Waals surface area contributed by atoms with Crippen LogP contribution in [0.15, 0.2) is 72.8 Å². The molecule has 0 saturated heterocycles. The van der Waals surface area contributed by atoms with Crippen LogP contribution in [0.3, 0.4) is 0 Å². The van der Waals surface area contributed by atoms with Crippen LogP contribution in [0.1, 0.15) is 11.1 Å². The Balaban J connectivity index is 2.21. The number of hydrogen-bond acceptors (Lipinski definition) is 0. The van der Waals surface area contributed by atoms with Gasteiger partial charge in [0.2, 0.25) is 0 Å². The summed E-state index contributed by atoms with van der Waals surface area (Å²) in [5.41, 5.74) is 5.34. The van der Waals surface area contributed by atoms with Gasteiger partial charge in [0, 0.05) is 10.7 Å². The maximum absolute atomic E-state index is 3.69. The Hall–Kier alpha value is -1.64. The van der Waals surface area contributed by atoms with Gasteiger partial charge in [-0.25, -0.2) is 0 Å². The van der Waals surface area contributed by atoms with Gasteiger partial charge in [-0.05, 0) is 43.8 Å². The molecular weight excluding hydrogens is 424 g/mol. The van der Waals surface area contributed by atoms with E-state index < -0.39 is 0 Å². The molecule has 0 spiro atoms. The summed E-state index contributed by atoms with van der Waals surface area (Å²) in [5, 5.41) is 6.88. The summed E-state index contributed by atoms with van der Waals surface area (Å²) in [6, 6.07) is 26.2. The van der Waals surface area contributed by atoms with Crippen molar-refractivity contribution in [2.24, 2.45) is 0 Å². The molecule has 0 unspecified atom stereocenters. The van der Waals surface area contributed by atoms with Gasteiger partial charge in [0.1, 0.15) is 0 Å². The number of hydrogen-bond donors (Lipinski definition) is 0. The van der Waals surface area contributed by atoms with Crippen LogP contribution in [-0.4, -0.2) is 0 Å². The summed E-state index contributed by atoms with van der Waals surface area (Å²) in [6.45, 7) is 0. The summed E-state index contributed by atoms with van der Waals surface area (Å²) in [7, 11) is 0. The highest BCUT2D eigenvalue weighted by molar-refractivity contribution is 9.08. The standard InChI is InChI=1S/C22H16Br2/c23-13-17-11-9-15-5-1-3-7-19(15)21(17)22-18(14-24)12-10-16-6-2-4-8-20(16)22/h1-12H,13-14H2.